The fourth-order valence-electron chi connectivity index (χ4n) is 4.65. The lowest BCUT2D eigenvalue weighted by Crippen LogP contribution is -2.34. The Morgan fingerprint density at radius 2 is 2.11 bits per heavy atom. The summed E-state index contributed by atoms with van der Waals surface area (Å²) in [6, 6.07) is 15.7. The number of fused-ring (bicyclic) bond motifs is 3. The van der Waals surface area contributed by atoms with Gasteiger partial charge in [0, 0.05) is 60.5 Å². The fraction of sp³-hybridized carbons (Fsp3) is 0.179. The molecule has 1 amide bonds. The van der Waals surface area contributed by atoms with Gasteiger partial charge in [-0.15, -0.1) is 0 Å². The van der Waals surface area contributed by atoms with Crippen LogP contribution in [0.5, 0.6) is 0 Å². The van der Waals surface area contributed by atoms with E-state index in [0.717, 1.165) is 34.3 Å². The third-order valence-electron chi connectivity index (χ3n) is 6.42. The molecular weight excluding hydrogens is 557 g/mol. The zero-order chi connectivity index (χ0) is 25.9. The van der Waals surface area contributed by atoms with Gasteiger partial charge in [-0.25, -0.2) is 14.2 Å². The van der Waals surface area contributed by atoms with E-state index in [0.29, 0.717) is 46.8 Å². The summed E-state index contributed by atoms with van der Waals surface area (Å²) < 4.78 is 16.5. The topological polar surface area (TPSA) is 74.0 Å². The molecule has 3 heterocycles. The van der Waals surface area contributed by atoms with Crippen molar-refractivity contribution in [1.82, 2.24) is 19.8 Å². The Morgan fingerprint density at radius 3 is 2.89 bits per heavy atom. The predicted octanol–water partition coefficient (Wildman–Crippen LogP) is 6.29. The standard InChI is InChI=1S/C28H22BrClFN5O/c29-27-13-19(7-9-33-27)16-34-28(37)36-25-6-3-18(15-32)12-22(25)23-17-35(11-8-26(23)36)10-1-2-20-4-5-21(30)14-24(20)31/h1-7,9,12-14H,8,10-11,16-17H2,(H,34,37). The third-order valence-corrected chi connectivity index (χ3v) is 7.09. The normalized spacial score (nSPS) is 13.6. The molecule has 1 N–H and O–H groups in total. The van der Waals surface area contributed by atoms with Gasteiger partial charge in [-0.2, -0.15) is 5.26 Å². The number of hydrogen-bond donors (Lipinski definition) is 1. The van der Waals surface area contributed by atoms with Gasteiger partial charge in [-0.05, 0) is 69.5 Å². The Labute approximate surface area is 227 Å². The molecular formula is C28H22BrClFN5O. The van der Waals surface area contributed by atoms with Crippen LogP contribution in [0.15, 0.2) is 65.4 Å². The molecule has 0 fully saturated rings. The van der Waals surface area contributed by atoms with E-state index in [1.807, 2.05) is 30.3 Å². The summed E-state index contributed by atoms with van der Waals surface area (Å²) in [6.07, 6.45) is 6.04. The Morgan fingerprint density at radius 1 is 1.24 bits per heavy atom. The summed E-state index contributed by atoms with van der Waals surface area (Å²) in [5, 5.41) is 13.7. The van der Waals surface area contributed by atoms with Crippen molar-refractivity contribution >= 4 is 50.5 Å². The predicted molar refractivity (Wildman–Crippen MR) is 146 cm³/mol. The van der Waals surface area contributed by atoms with E-state index >= 15 is 0 Å². The number of aromatic nitrogens is 2. The highest BCUT2D eigenvalue weighted by atomic mass is 79.9. The van der Waals surface area contributed by atoms with Crippen LogP contribution < -0.4 is 5.32 Å². The molecule has 4 aromatic rings. The maximum absolute atomic E-state index is 14.1. The van der Waals surface area contributed by atoms with Crippen LogP contribution >= 0.6 is 27.5 Å². The lowest BCUT2D eigenvalue weighted by molar-refractivity contribution is 0.240. The summed E-state index contributed by atoms with van der Waals surface area (Å²) in [5.74, 6) is -0.359. The highest BCUT2D eigenvalue weighted by molar-refractivity contribution is 9.10. The van der Waals surface area contributed by atoms with Crippen LogP contribution in [0.25, 0.3) is 17.0 Å². The molecule has 0 saturated heterocycles. The van der Waals surface area contributed by atoms with Crippen molar-refractivity contribution in [1.29, 1.82) is 5.26 Å². The first-order valence-electron chi connectivity index (χ1n) is 11.7. The van der Waals surface area contributed by atoms with Crippen LogP contribution in [0.1, 0.15) is 27.9 Å². The molecule has 0 spiro atoms. The van der Waals surface area contributed by atoms with Gasteiger partial charge in [-0.3, -0.25) is 9.47 Å². The van der Waals surface area contributed by atoms with E-state index in [2.05, 4.69) is 37.2 Å². The average molecular weight is 579 g/mol. The number of rotatable bonds is 5. The first-order chi connectivity index (χ1) is 17.9. The number of halogens is 3. The second kappa shape index (κ2) is 10.9. The van der Waals surface area contributed by atoms with Crippen LogP contribution in [-0.2, 0) is 19.5 Å². The Kier molecular flexibility index (Phi) is 7.38. The molecule has 1 aliphatic heterocycles. The Hall–Kier alpha value is -3.51. The average Bonchev–Trinajstić information content (AvgIpc) is 3.21. The second-order valence-electron chi connectivity index (χ2n) is 8.80. The van der Waals surface area contributed by atoms with E-state index in [1.54, 1.807) is 35.0 Å². The quantitative estimate of drug-likeness (QED) is 0.282. The molecule has 0 unspecified atom stereocenters. The van der Waals surface area contributed by atoms with Crippen LogP contribution in [0, 0.1) is 17.1 Å². The molecule has 0 atom stereocenters. The van der Waals surface area contributed by atoms with Crippen LogP contribution in [0.4, 0.5) is 9.18 Å². The largest absolute Gasteiger partial charge is 0.333 e. The molecule has 2 aromatic carbocycles. The summed E-state index contributed by atoms with van der Waals surface area (Å²) in [4.78, 5) is 19.7. The van der Waals surface area contributed by atoms with Crippen LogP contribution in [0.3, 0.4) is 0 Å². The summed E-state index contributed by atoms with van der Waals surface area (Å²) in [7, 11) is 0. The molecule has 2 aromatic heterocycles. The van der Waals surface area contributed by atoms with Crippen LogP contribution in [0.2, 0.25) is 5.02 Å². The number of pyridine rings is 1. The van der Waals surface area contributed by atoms with Gasteiger partial charge in [0.05, 0.1) is 17.1 Å². The number of carbonyl (C=O) groups excluding carboxylic acids is 1. The Bertz CT molecular complexity index is 1580. The first kappa shape index (κ1) is 25.2. The van der Waals surface area contributed by atoms with Gasteiger partial charge in [0.2, 0.25) is 0 Å². The molecule has 0 saturated carbocycles. The molecule has 0 radical (unpaired) electrons. The molecule has 37 heavy (non-hydrogen) atoms. The smallest absolute Gasteiger partial charge is 0.326 e. The maximum atomic E-state index is 14.1. The lowest BCUT2D eigenvalue weighted by Gasteiger charge is -2.27. The SMILES string of the molecule is N#Cc1ccc2c(c1)c1c(n2C(=O)NCc2ccnc(Br)c2)CCN(CC=Cc2ccc(Cl)cc2F)C1. The zero-order valence-corrected chi connectivity index (χ0v) is 22.1. The van der Waals surface area contributed by atoms with Gasteiger partial charge in [0.25, 0.3) is 0 Å². The molecule has 5 rings (SSSR count). The Balaban J connectivity index is 1.39. The van der Waals surface area contributed by atoms with E-state index < -0.39 is 0 Å². The number of benzene rings is 2. The third kappa shape index (κ3) is 5.44. The molecule has 1 aliphatic rings. The minimum absolute atomic E-state index is 0.213. The van der Waals surface area contributed by atoms with Gasteiger partial charge < -0.3 is 5.32 Å². The van der Waals surface area contributed by atoms with Crippen molar-refractivity contribution in [2.75, 3.05) is 13.1 Å². The van der Waals surface area contributed by atoms with Gasteiger partial charge >= 0.3 is 6.03 Å². The van der Waals surface area contributed by atoms with Crippen molar-refractivity contribution < 1.29 is 9.18 Å². The van der Waals surface area contributed by atoms with E-state index in [9.17, 15) is 14.4 Å². The van der Waals surface area contributed by atoms with E-state index in [1.165, 1.54) is 6.07 Å². The summed E-state index contributed by atoms with van der Waals surface area (Å²) >= 11 is 9.20. The minimum Gasteiger partial charge on any atom is -0.333 e. The van der Waals surface area contributed by atoms with Crippen molar-refractivity contribution in [3.05, 3.63) is 104 Å². The molecule has 186 valence electrons. The zero-order valence-electron chi connectivity index (χ0n) is 19.7. The second-order valence-corrected chi connectivity index (χ2v) is 10.1. The number of carbonyl (C=O) groups is 1. The molecule has 0 aliphatic carbocycles. The first-order valence-corrected chi connectivity index (χ1v) is 12.9. The van der Waals surface area contributed by atoms with E-state index in [4.69, 9.17) is 11.6 Å². The van der Waals surface area contributed by atoms with Crippen molar-refractivity contribution in [3.63, 3.8) is 0 Å². The summed E-state index contributed by atoms with van der Waals surface area (Å²) in [6.45, 7) is 2.34. The number of amides is 1. The van der Waals surface area contributed by atoms with Gasteiger partial charge in [0.15, 0.2) is 0 Å². The minimum atomic E-state index is -0.359. The number of nitrogens with one attached hydrogen (secondary N) is 1. The van der Waals surface area contributed by atoms with E-state index in [-0.39, 0.29) is 11.8 Å². The highest BCUT2D eigenvalue weighted by Gasteiger charge is 2.26. The molecule has 9 heteroatoms. The van der Waals surface area contributed by atoms with Crippen molar-refractivity contribution in [3.8, 4) is 6.07 Å². The number of hydrogen-bond acceptors (Lipinski definition) is 4. The van der Waals surface area contributed by atoms with Crippen molar-refractivity contribution in [2.45, 2.75) is 19.5 Å². The van der Waals surface area contributed by atoms with Crippen molar-refractivity contribution in [2.24, 2.45) is 0 Å². The maximum Gasteiger partial charge on any atom is 0.326 e. The molecule has 6 nitrogen and oxygen atoms in total. The monoisotopic (exact) mass is 577 g/mol. The number of nitriles is 1. The van der Waals surface area contributed by atoms with Gasteiger partial charge in [0.1, 0.15) is 10.4 Å². The fourth-order valence-corrected chi connectivity index (χ4v) is 5.22. The number of nitrogens with zero attached hydrogens (tertiary/aromatic N) is 4. The van der Waals surface area contributed by atoms with Crippen LogP contribution in [-0.4, -0.2) is 33.6 Å². The lowest BCUT2D eigenvalue weighted by atomic mass is 10.0. The summed E-state index contributed by atoms with van der Waals surface area (Å²) in [5.41, 5.74) is 4.72. The van der Waals surface area contributed by atoms with Gasteiger partial charge in [-0.1, -0.05) is 29.8 Å². The molecule has 0 bridgehead atoms. The highest BCUT2D eigenvalue weighted by Crippen LogP contribution is 2.32.